The van der Waals surface area contributed by atoms with Gasteiger partial charge in [-0.2, -0.15) is 0 Å². The van der Waals surface area contributed by atoms with Gasteiger partial charge >= 0.3 is 0 Å². The molecule has 0 spiro atoms. The SMILES string of the molecule is C=C(CC)C(=O)c1ccc(OCC(=O)C(C)C)c(Cl)c1Cl. The number of Topliss-reactive ketones (excluding diaryl/α,β-unsaturated/α-hetero) is 2. The van der Waals surface area contributed by atoms with Gasteiger partial charge in [0, 0.05) is 11.5 Å². The molecule has 0 heterocycles. The van der Waals surface area contributed by atoms with Gasteiger partial charge < -0.3 is 4.74 Å². The second-order valence-corrected chi connectivity index (χ2v) is 5.69. The smallest absolute Gasteiger partial charge is 0.189 e. The molecule has 0 N–H and O–H groups in total. The van der Waals surface area contributed by atoms with Crippen molar-refractivity contribution in [3.63, 3.8) is 0 Å². The van der Waals surface area contributed by atoms with E-state index in [-0.39, 0.29) is 45.4 Å². The predicted octanol–water partition coefficient (Wildman–Crippen LogP) is 4.75. The molecule has 0 aromatic heterocycles. The summed E-state index contributed by atoms with van der Waals surface area (Å²) >= 11 is 12.2. The Balaban J connectivity index is 2.98. The van der Waals surface area contributed by atoms with Crippen LogP contribution < -0.4 is 4.74 Å². The number of carbonyl (C=O) groups excluding carboxylic acids is 2. The lowest BCUT2D eigenvalue weighted by atomic mass is 10.0. The number of hydrogen-bond acceptors (Lipinski definition) is 3. The molecule has 0 aliphatic rings. The molecule has 0 bridgehead atoms. The molecule has 0 unspecified atom stereocenters. The number of rotatable bonds is 7. The summed E-state index contributed by atoms with van der Waals surface area (Å²) in [5.41, 5.74) is 0.743. The van der Waals surface area contributed by atoms with Crippen molar-refractivity contribution >= 4 is 34.8 Å². The lowest BCUT2D eigenvalue weighted by Crippen LogP contribution is -2.17. The van der Waals surface area contributed by atoms with E-state index in [2.05, 4.69) is 6.58 Å². The van der Waals surface area contributed by atoms with Crippen LogP contribution in [0, 0.1) is 5.92 Å². The van der Waals surface area contributed by atoms with Crippen LogP contribution in [-0.2, 0) is 4.79 Å². The lowest BCUT2D eigenvalue weighted by molar-refractivity contribution is -0.123. The zero-order valence-electron chi connectivity index (χ0n) is 12.3. The summed E-state index contributed by atoms with van der Waals surface area (Å²) < 4.78 is 5.36. The van der Waals surface area contributed by atoms with Crippen molar-refractivity contribution in [1.82, 2.24) is 0 Å². The van der Waals surface area contributed by atoms with Crippen LogP contribution in [0.4, 0.5) is 0 Å². The molecule has 0 saturated carbocycles. The molecule has 114 valence electrons. The fraction of sp³-hybridized carbons (Fsp3) is 0.375. The Morgan fingerprint density at radius 1 is 1.24 bits per heavy atom. The number of allylic oxidation sites excluding steroid dienone is 1. The fourth-order valence-corrected chi connectivity index (χ4v) is 1.95. The van der Waals surface area contributed by atoms with E-state index in [9.17, 15) is 9.59 Å². The number of halogens is 2. The fourth-order valence-electron chi connectivity index (χ4n) is 1.49. The minimum Gasteiger partial charge on any atom is -0.484 e. The monoisotopic (exact) mass is 328 g/mol. The summed E-state index contributed by atoms with van der Waals surface area (Å²) in [7, 11) is 0. The average Bonchev–Trinajstić information content (AvgIpc) is 2.46. The summed E-state index contributed by atoms with van der Waals surface area (Å²) in [5.74, 6) is -0.113. The van der Waals surface area contributed by atoms with Gasteiger partial charge in [-0.25, -0.2) is 0 Å². The van der Waals surface area contributed by atoms with Crippen LogP contribution in [0.5, 0.6) is 5.75 Å². The molecule has 1 aromatic rings. The van der Waals surface area contributed by atoms with Crippen LogP contribution in [-0.4, -0.2) is 18.2 Å². The number of ketones is 2. The van der Waals surface area contributed by atoms with E-state index in [1.54, 1.807) is 13.8 Å². The van der Waals surface area contributed by atoms with E-state index >= 15 is 0 Å². The Hall–Kier alpha value is -1.32. The number of carbonyl (C=O) groups is 2. The van der Waals surface area contributed by atoms with Gasteiger partial charge in [0.15, 0.2) is 11.6 Å². The third-order valence-electron chi connectivity index (χ3n) is 3.05. The standard InChI is InChI=1S/C16H18Cl2O3/c1-5-10(4)16(20)11-6-7-13(15(18)14(11)17)21-8-12(19)9(2)3/h6-7,9H,4-5,8H2,1-3H3. The minimum absolute atomic E-state index is 0.0401. The maximum absolute atomic E-state index is 12.1. The summed E-state index contributed by atoms with van der Waals surface area (Å²) in [4.78, 5) is 23.6. The average molecular weight is 329 g/mol. The highest BCUT2D eigenvalue weighted by Gasteiger charge is 2.18. The highest BCUT2D eigenvalue weighted by Crippen LogP contribution is 2.35. The normalized spacial score (nSPS) is 10.6. The Bertz CT molecular complexity index is 577. The summed E-state index contributed by atoms with van der Waals surface area (Å²) in [6, 6.07) is 3.07. The van der Waals surface area contributed by atoms with Crippen molar-refractivity contribution in [3.8, 4) is 5.75 Å². The van der Waals surface area contributed by atoms with E-state index in [1.807, 2.05) is 6.92 Å². The van der Waals surface area contributed by atoms with Crippen molar-refractivity contribution in [3.05, 3.63) is 39.9 Å². The molecule has 21 heavy (non-hydrogen) atoms. The molecule has 0 amide bonds. The van der Waals surface area contributed by atoms with Crippen LogP contribution in [0.2, 0.25) is 10.0 Å². The molecule has 0 aliphatic heterocycles. The molecule has 0 fully saturated rings. The first-order chi connectivity index (χ1) is 9.79. The Morgan fingerprint density at radius 3 is 2.38 bits per heavy atom. The van der Waals surface area contributed by atoms with Gasteiger partial charge in [0.2, 0.25) is 0 Å². The first-order valence-electron chi connectivity index (χ1n) is 6.65. The largest absolute Gasteiger partial charge is 0.484 e. The van der Waals surface area contributed by atoms with Gasteiger partial charge in [-0.1, -0.05) is 50.6 Å². The van der Waals surface area contributed by atoms with Crippen LogP contribution in [0.25, 0.3) is 0 Å². The molecule has 5 heteroatoms. The van der Waals surface area contributed by atoms with E-state index < -0.39 is 0 Å². The van der Waals surface area contributed by atoms with E-state index in [4.69, 9.17) is 27.9 Å². The summed E-state index contributed by atoms with van der Waals surface area (Å²) in [6.07, 6.45) is 0.536. The topological polar surface area (TPSA) is 43.4 Å². The molecule has 1 aromatic carbocycles. The molecular formula is C16H18Cl2O3. The number of ether oxygens (including phenoxy) is 1. The first kappa shape index (κ1) is 17.7. The van der Waals surface area contributed by atoms with Crippen molar-refractivity contribution in [2.45, 2.75) is 27.2 Å². The number of hydrogen-bond donors (Lipinski definition) is 0. The van der Waals surface area contributed by atoms with Crippen LogP contribution in [0.3, 0.4) is 0 Å². The molecule has 0 aliphatic carbocycles. The predicted molar refractivity (Wildman–Crippen MR) is 85.6 cm³/mol. The van der Waals surface area contributed by atoms with Gasteiger partial charge in [-0.15, -0.1) is 0 Å². The van der Waals surface area contributed by atoms with Crippen LogP contribution in [0.1, 0.15) is 37.6 Å². The molecule has 1 rings (SSSR count). The Morgan fingerprint density at radius 2 is 1.86 bits per heavy atom. The Labute approximate surface area is 134 Å². The van der Waals surface area contributed by atoms with Crippen LogP contribution in [0.15, 0.2) is 24.3 Å². The number of benzene rings is 1. The highest BCUT2D eigenvalue weighted by atomic mass is 35.5. The second-order valence-electron chi connectivity index (χ2n) is 4.94. The van der Waals surface area contributed by atoms with Gasteiger partial charge in [0.25, 0.3) is 0 Å². The molecule has 3 nitrogen and oxygen atoms in total. The van der Waals surface area contributed by atoms with Gasteiger partial charge in [0.05, 0.1) is 5.02 Å². The van der Waals surface area contributed by atoms with Crippen molar-refractivity contribution in [1.29, 1.82) is 0 Å². The summed E-state index contributed by atoms with van der Waals surface area (Å²) in [5, 5.41) is 0.244. The first-order valence-corrected chi connectivity index (χ1v) is 7.41. The minimum atomic E-state index is -0.241. The highest BCUT2D eigenvalue weighted by molar-refractivity contribution is 6.45. The quantitative estimate of drug-likeness (QED) is 0.536. The maximum atomic E-state index is 12.1. The third kappa shape index (κ3) is 4.32. The molecular weight excluding hydrogens is 311 g/mol. The Kier molecular flexibility index (Phi) is 6.43. The van der Waals surface area contributed by atoms with E-state index in [1.165, 1.54) is 12.1 Å². The van der Waals surface area contributed by atoms with E-state index in [0.29, 0.717) is 12.0 Å². The zero-order valence-corrected chi connectivity index (χ0v) is 13.8. The van der Waals surface area contributed by atoms with Crippen molar-refractivity contribution in [2.24, 2.45) is 5.92 Å². The molecule has 0 radical (unpaired) electrons. The van der Waals surface area contributed by atoms with E-state index in [0.717, 1.165) is 0 Å². The van der Waals surface area contributed by atoms with Crippen LogP contribution >= 0.6 is 23.2 Å². The lowest BCUT2D eigenvalue weighted by Gasteiger charge is -2.12. The maximum Gasteiger partial charge on any atom is 0.189 e. The van der Waals surface area contributed by atoms with Gasteiger partial charge in [-0.3, -0.25) is 9.59 Å². The summed E-state index contributed by atoms with van der Waals surface area (Å²) in [6.45, 7) is 9.03. The second kappa shape index (κ2) is 7.62. The zero-order chi connectivity index (χ0) is 16.2. The van der Waals surface area contributed by atoms with Gasteiger partial charge in [-0.05, 0) is 24.1 Å². The molecule has 0 atom stereocenters. The van der Waals surface area contributed by atoms with Crippen molar-refractivity contribution < 1.29 is 14.3 Å². The molecule has 0 saturated heterocycles. The van der Waals surface area contributed by atoms with Gasteiger partial charge in [0.1, 0.15) is 17.4 Å². The third-order valence-corrected chi connectivity index (χ3v) is 3.92. The van der Waals surface area contributed by atoms with Crippen molar-refractivity contribution in [2.75, 3.05) is 6.61 Å².